The highest BCUT2D eigenvalue weighted by Gasteiger charge is 2.55. The van der Waals surface area contributed by atoms with Crippen LogP contribution < -0.4 is 0 Å². The monoisotopic (exact) mass is 255 g/mol. The lowest BCUT2D eigenvalue weighted by Crippen LogP contribution is -2.18. The first kappa shape index (κ1) is 12.1. The highest BCUT2D eigenvalue weighted by molar-refractivity contribution is 7.89. The third kappa shape index (κ3) is 1.94. The molecule has 1 aliphatic rings. The topological polar surface area (TPSA) is 74.5 Å². The van der Waals surface area contributed by atoms with Crippen LogP contribution in [0.15, 0.2) is 29.2 Å². The fourth-order valence-electron chi connectivity index (χ4n) is 1.95. The number of Topliss-reactive ketones (excluding diaryl/α,β-unsaturated/α-hetero) is 1. The molecular weight excluding hydrogens is 242 g/mol. The number of ketones is 1. The lowest BCUT2D eigenvalue weighted by atomic mass is 10.3. The van der Waals surface area contributed by atoms with Gasteiger partial charge in [-0.05, 0) is 38.1 Å². The van der Waals surface area contributed by atoms with Crippen LogP contribution in [0.3, 0.4) is 0 Å². The van der Waals surface area contributed by atoms with E-state index in [4.69, 9.17) is 5.11 Å². The summed E-state index contributed by atoms with van der Waals surface area (Å²) in [5.74, 6) is -0.147. The average molecular weight is 255 g/mol. The minimum Gasteiger partial charge on any atom is -0.508 e. The average Bonchev–Trinajstić information content (AvgIpc) is 2.91. The predicted molar refractivity (Wildman–Crippen MR) is 61.1 cm³/mol. The molecule has 3 unspecified atom stereocenters. The summed E-state index contributed by atoms with van der Waals surface area (Å²) in [6.07, 6.45) is 0. The van der Waals surface area contributed by atoms with Crippen LogP contribution in [0, 0.1) is 0 Å². The van der Waals surface area contributed by atoms with Crippen molar-refractivity contribution in [3.8, 4) is 5.75 Å². The lowest BCUT2D eigenvalue weighted by molar-refractivity contribution is -0.117. The Morgan fingerprint density at radius 3 is 2.24 bits per heavy atom. The summed E-state index contributed by atoms with van der Waals surface area (Å²) in [7, 11) is -3.62. The number of hydrogen-bond acceptors (Lipinski definition) is 4. The van der Waals surface area contributed by atoms with E-state index < -0.39 is 16.1 Å². The zero-order valence-corrected chi connectivity index (χ0v) is 10.3. The van der Waals surface area contributed by atoms with E-state index in [1.54, 1.807) is 6.92 Å². The number of phenols is 1. The summed E-state index contributed by atoms with van der Waals surface area (Å²) >= 11 is 0. The summed E-state index contributed by atoms with van der Waals surface area (Å²) in [6.45, 7) is 3.08. The molecule has 0 bridgehead atoms. The van der Waals surface area contributed by atoms with Crippen LogP contribution in [0.2, 0.25) is 0 Å². The molecule has 0 spiro atoms. The second-order valence-electron chi connectivity index (χ2n) is 4.12. The molecule has 0 aliphatic carbocycles. The van der Waals surface area contributed by atoms with Gasteiger partial charge >= 0.3 is 0 Å². The molecule has 1 aromatic carbocycles. The Bertz CT molecular complexity index is 549. The van der Waals surface area contributed by atoms with Gasteiger partial charge in [0.1, 0.15) is 11.5 Å². The van der Waals surface area contributed by atoms with Crippen LogP contribution in [-0.2, 0) is 14.8 Å². The highest BCUT2D eigenvalue weighted by atomic mass is 32.2. The van der Waals surface area contributed by atoms with Gasteiger partial charge in [-0.15, -0.1) is 0 Å². The molecule has 1 aliphatic heterocycles. The van der Waals surface area contributed by atoms with Crippen LogP contribution in [0.5, 0.6) is 5.75 Å². The predicted octanol–water partition coefficient (Wildman–Crippen LogP) is 0.743. The number of phenolic OH excluding ortho intramolecular Hbond substituents is 1. The number of hydrogen-bond donors (Lipinski definition) is 1. The van der Waals surface area contributed by atoms with Crippen LogP contribution in [0.4, 0.5) is 0 Å². The second-order valence-corrected chi connectivity index (χ2v) is 5.97. The molecule has 0 radical (unpaired) electrons. The van der Waals surface area contributed by atoms with Gasteiger partial charge in [0.15, 0.2) is 0 Å². The smallest absolute Gasteiger partial charge is 0.244 e. The zero-order chi connectivity index (χ0) is 12.8. The Hall–Kier alpha value is -1.40. The lowest BCUT2D eigenvalue weighted by Gasteiger charge is -2.05. The number of carbonyl (C=O) groups is 1. The molecule has 1 heterocycles. The molecule has 0 saturated carbocycles. The van der Waals surface area contributed by atoms with E-state index in [1.807, 2.05) is 0 Å². The van der Waals surface area contributed by atoms with E-state index in [9.17, 15) is 13.2 Å². The van der Waals surface area contributed by atoms with Crippen LogP contribution in [0.25, 0.3) is 0 Å². The van der Waals surface area contributed by atoms with Gasteiger partial charge in [0.25, 0.3) is 0 Å². The van der Waals surface area contributed by atoms with E-state index in [1.165, 1.54) is 35.5 Å². The first-order chi connectivity index (χ1) is 7.85. The van der Waals surface area contributed by atoms with Crippen molar-refractivity contribution in [3.63, 3.8) is 0 Å². The van der Waals surface area contributed by atoms with Crippen molar-refractivity contribution in [2.24, 2.45) is 0 Å². The van der Waals surface area contributed by atoms with Crippen molar-refractivity contribution in [3.05, 3.63) is 24.3 Å². The molecule has 0 amide bonds. The molecule has 92 valence electrons. The van der Waals surface area contributed by atoms with Gasteiger partial charge in [0.2, 0.25) is 10.0 Å². The number of rotatable bonds is 3. The molecule has 17 heavy (non-hydrogen) atoms. The normalized spacial score (nSPS) is 27.8. The standard InChI is InChI=1S/C11H13NO4S/c1-7-11(8(2)13)12(7)17(15,16)10-5-3-9(14)4-6-10/h3-7,11,14H,1-2H3. The largest absolute Gasteiger partial charge is 0.508 e. The third-order valence-corrected chi connectivity index (χ3v) is 4.85. The van der Waals surface area contributed by atoms with E-state index in [0.29, 0.717) is 0 Å². The van der Waals surface area contributed by atoms with Crippen molar-refractivity contribution in [2.45, 2.75) is 30.8 Å². The molecule has 5 nitrogen and oxygen atoms in total. The van der Waals surface area contributed by atoms with Crippen molar-refractivity contribution >= 4 is 15.8 Å². The van der Waals surface area contributed by atoms with Gasteiger partial charge in [0, 0.05) is 6.04 Å². The minimum atomic E-state index is -3.62. The summed E-state index contributed by atoms with van der Waals surface area (Å²) in [4.78, 5) is 11.3. The first-order valence-electron chi connectivity index (χ1n) is 5.18. The van der Waals surface area contributed by atoms with Gasteiger partial charge in [-0.25, -0.2) is 8.42 Å². The van der Waals surface area contributed by atoms with E-state index in [0.717, 1.165) is 0 Å². The Morgan fingerprint density at radius 1 is 1.29 bits per heavy atom. The summed E-state index contributed by atoms with van der Waals surface area (Å²) < 4.78 is 25.4. The second kappa shape index (κ2) is 3.82. The molecule has 6 heteroatoms. The van der Waals surface area contributed by atoms with E-state index in [-0.39, 0.29) is 22.5 Å². The van der Waals surface area contributed by atoms with Crippen molar-refractivity contribution in [1.29, 1.82) is 0 Å². The van der Waals surface area contributed by atoms with Crippen LogP contribution in [0.1, 0.15) is 13.8 Å². The molecular formula is C11H13NO4S. The molecule has 1 saturated heterocycles. The van der Waals surface area contributed by atoms with Crippen molar-refractivity contribution in [1.82, 2.24) is 4.31 Å². The Morgan fingerprint density at radius 2 is 1.82 bits per heavy atom. The maximum atomic E-state index is 12.1. The summed E-state index contributed by atoms with van der Waals surface area (Å²) in [5.41, 5.74) is 0. The molecule has 3 atom stereocenters. The third-order valence-electron chi connectivity index (χ3n) is 2.87. The fraction of sp³-hybridized carbons (Fsp3) is 0.364. The number of nitrogens with zero attached hydrogens (tertiary/aromatic N) is 1. The maximum Gasteiger partial charge on any atom is 0.244 e. The number of benzene rings is 1. The molecule has 1 aromatic rings. The SMILES string of the molecule is CC(=O)C1C(C)N1S(=O)(=O)c1ccc(O)cc1. The van der Waals surface area contributed by atoms with Gasteiger partial charge < -0.3 is 5.11 Å². The summed E-state index contributed by atoms with van der Waals surface area (Å²) in [6, 6.07) is 4.44. The van der Waals surface area contributed by atoms with Gasteiger partial charge in [-0.1, -0.05) is 0 Å². The van der Waals surface area contributed by atoms with Gasteiger partial charge in [-0.3, -0.25) is 4.79 Å². The number of aromatic hydroxyl groups is 1. The van der Waals surface area contributed by atoms with E-state index in [2.05, 4.69) is 0 Å². The molecule has 2 rings (SSSR count). The highest BCUT2D eigenvalue weighted by Crippen LogP contribution is 2.36. The molecule has 1 fully saturated rings. The Labute approximate surface area is 99.7 Å². The summed E-state index contributed by atoms with van der Waals surface area (Å²) in [5, 5.41) is 9.11. The van der Waals surface area contributed by atoms with E-state index >= 15 is 0 Å². The Kier molecular flexibility index (Phi) is 2.71. The fourth-order valence-corrected chi connectivity index (χ4v) is 3.79. The van der Waals surface area contributed by atoms with Crippen LogP contribution >= 0.6 is 0 Å². The Balaban J connectivity index is 2.33. The van der Waals surface area contributed by atoms with Gasteiger partial charge in [-0.2, -0.15) is 4.31 Å². The first-order valence-corrected chi connectivity index (χ1v) is 6.62. The quantitative estimate of drug-likeness (QED) is 0.808. The van der Waals surface area contributed by atoms with Crippen LogP contribution in [-0.4, -0.2) is 35.7 Å². The van der Waals surface area contributed by atoms with Gasteiger partial charge in [0.05, 0.1) is 10.9 Å². The van der Waals surface area contributed by atoms with Crippen molar-refractivity contribution in [2.75, 3.05) is 0 Å². The minimum absolute atomic E-state index is 0.00548. The number of carbonyl (C=O) groups excluding carboxylic acids is 1. The van der Waals surface area contributed by atoms with Crippen molar-refractivity contribution < 1.29 is 18.3 Å². The molecule has 0 aromatic heterocycles. The number of sulfonamides is 1. The zero-order valence-electron chi connectivity index (χ0n) is 9.49. The molecule has 1 N–H and O–H groups in total. The maximum absolute atomic E-state index is 12.1.